The van der Waals surface area contributed by atoms with E-state index in [1.54, 1.807) is 183 Å². The zero-order valence-corrected chi connectivity index (χ0v) is 52.1. The topological polar surface area (TPSA) is 180 Å². The van der Waals surface area contributed by atoms with E-state index in [1.807, 2.05) is 24.3 Å². The highest BCUT2D eigenvalue weighted by atomic mass is 32.2. The Morgan fingerprint density at radius 3 is 0.876 bits per heavy atom. The first kappa shape index (κ1) is 59.0. The molecule has 0 atom stereocenters. The molecule has 0 saturated heterocycles. The second-order valence-corrected chi connectivity index (χ2v) is 32.1. The third-order valence-corrected chi connectivity index (χ3v) is 26.5. The van der Waals surface area contributed by atoms with E-state index in [1.165, 1.54) is 48.5 Å². The summed E-state index contributed by atoms with van der Waals surface area (Å²) < 4.78 is 128. The lowest BCUT2D eigenvalue weighted by Gasteiger charge is -2.39. The van der Waals surface area contributed by atoms with Gasteiger partial charge in [-0.05, 0) is 149 Å². The summed E-state index contributed by atoms with van der Waals surface area (Å²) >= 11 is 0. The van der Waals surface area contributed by atoms with Gasteiger partial charge in [-0.3, -0.25) is 0 Å². The molecule has 6 aliphatic rings. The number of benzene rings is 11. The monoisotopic (exact) mass is 1270 g/mol. The fraction of sp³-hybridized carbons (Fsp3) is 0.0833. The largest absolute Gasteiger partial charge is 0.455 e. The number of sulfone groups is 5. The average Bonchev–Trinajstić information content (AvgIpc) is 0.772. The van der Waals surface area contributed by atoms with Crippen LogP contribution in [0.2, 0.25) is 0 Å². The second-order valence-electron chi connectivity index (χ2n) is 22.6. The third-order valence-electron chi connectivity index (χ3n) is 17.0. The summed E-state index contributed by atoms with van der Waals surface area (Å²) in [6.07, 6.45) is 3.33. The van der Waals surface area contributed by atoms with Crippen LogP contribution in [0, 0.1) is 0 Å². The van der Waals surface area contributed by atoms with Crippen LogP contribution in [0.1, 0.15) is 58.4 Å². The predicted octanol–water partition coefficient (Wildman–Crippen LogP) is 11.9. The number of ether oxygens (including phenoxy) is 1. The van der Waals surface area contributed by atoms with Crippen LogP contribution in [0.3, 0.4) is 0 Å². The van der Waals surface area contributed by atoms with E-state index in [4.69, 9.17) is 4.74 Å². The maximum absolute atomic E-state index is 12.6. The lowest BCUT2D eigenvalue weighted by molar-refractivity contribution is 0.443. The van der Waals surface area contributed by atoms with Gasteiger partial charge in [0.2, 0.25) is 55.9 Å². The van der Waals surface area contributed by atoms with Crippen LogP contribution >= 0.6 is 0 Å². The molecule has 6 aliphatic heterocycles. The molecule has 0 bridgehead atoms. The van der Waals surface area contributed by atoms with Crippen LogP contribution in [0.25, 0.3) is 0 Å². The summed E-state index contributed by atoms with van der Waals surface area (Å²) in [6, 6.07) is 76.9. The normalized spacial score (nSPS) is 16.1. The van der Waals surface area contributed by atoms with E-state index < -0.39 is 49.2 Å². The Hall–Kier alpha value is -8.97. The minimum Gasteiger partial charge on any atom is -0.455 e. The molecule has 11 nitrogen and oxygen atoms in total. The van der Waals surface area contributed by atoms with Crippen molar-refractivity contribution in [3.05, 3.63) is 305 Å². The minimum atomic E-state index is -3.75. The van der Waals surface area contributed by atoms with Crippen molar-refractivity contribution in [2.45, 2.75) is 87.5 Å². The fourth-order valence-corrected chi connectivity index (χ4v) is 21.8. The second kappa shape index (κ2) is 22.6. The summed E-state index contributed by atoms with van der Waals surface area (Å²) in [6.45, 7) is 4.64. The fourth-order valence-electron chi connectivity index (χ4n) is 12.9. The van der Waals surface area contributed by atoms with Gasteiger partial charge in [0.1, 0.15) is 21.3 Å². The van der Waals surface area contributed by atoms with Crippen LogP contribution in [0.5, 0.6) is 11.5 Å². The van der Waals surface area contributed by atoms with Gasteiger partial charge in [0.05, 0.1) is 39.2 Å². The van der Waals surface area contributed by atoms with Crippen molar-refractivity contribution in [2.75, 3.05) is 0 Å². The Balaban J connectivity index is 0.000000103. The summed E-state index contributed by atoms with van der Waals surface area (Å²) in [7, 11) is -17.6. The maximum Gasteiger partial charge on any atom is 0.243 e. The first-order valence-electron chi connectivity index (χ1n) is 28.6. The molecule has 11 aromatic rings. The van der Waals surface area contributed by atoms with Gasteiger partial charge in [-0.2, -0.15) is 0 Å². The van der Waals surface area contributed by atoms with Gasteiger partial charge in [-0.15, -0.1) is 0 Å². The smallest absolute Gasteiger partial charge is 0.243 e. The first-order valence-corrected chi connectivity index (χ1v) is 36.0. The summed E-state index contributed by atoms with van der Waals surface area (Å²) in [4.78, 5) is 1.40. The molecule has 11 aromatic carbocycles. The van der Waals surface area contributed by atoms with E-state index in [0.29, 0.717) is 37.8 Å². The highest BCUT2D eigenvalue weighted by molar-refractivity contribution is 7.97. The van der Waals surface area contributed by atoms with Gasteiger partial charge in [-0.25, -0.2) is 42.1 Å². The van der Waals surface area contributed by atoms with Crippen LogP contribution in [0.4, 0.5) is 0 Å². The Kier molecular flexibility index (Phi) is 15.0. The van der Waals surface area contributed by atoms with Crippen LogP contribution in [0.15, 0.2) is 310 Å². The van der Waals surface area contributed by atoms with Crippen LogP contribution < -0.4 is 21.1 Å². The van der Waals surface area contributed by atoms with E-state index in [9.17, 15) is 42.1 Å². The molecule has 0 aliphatic carbocycles. The van der Waals surface area contributed by atoms with Gasteiger partial charge < -0.3 is 4.74 Å². The molecule has 0 spiro atoms. The van der Waals surface area contributed by atoms with Crippen molar-refractivity contribution >= 4 is 72.3 Å². The minimum absolute atomic E-state index is 0.149. The Morgan fingerprint density at radius 1 is 0.303 bits per heavy atom. The van der Waals surface area contributed by atoms with E-state index >= 15 is 0 Å². The lowest BCUT2D eigenvalue weighted by Crippen LogP contribution is -2.64. The molecular weight excluding hydrogens is 1210 g/mol. The van der Waals surface area contributed by atoms with Crippen molar-refractivity contribution in [2.24, 2.45) is 0 Å². The summed E-state index contributed by atoms with van der Waals surface area (Å²) in [5.41, 5.74) is 15.7. The summed E-state index contributed by atoms with van der Waals surface area (Å²) in [5.74, 6) is 0.780. The molecule has 6 heterocycles. The number of hydrogen-bond donors (Lipinski definition) is 0. The molecule has 0 fully saturated rings. The Labute approximate surface area is 519 Å². The molecule has 17 heteroatoms. The van der Waals surface area contributed by atoms with E-state index in [2.05, 4.69) is 68.4 Å². The van der Waals surface area contributed by atoms with E-state index in [0.717, 1.165) is 30.4 Å². The van der Waals surface area contributed by atoms with Crippen LogP contribution in [-0.4, -0.2) is 48.8 Å². The predicted molar refractivity (Wildman–Crippen MR) is 343 cm³/mol. The molecular formula is C72H55BO11S5. The zero-order valence-electron chi connectivity index (χ0n) is 48.1. The van der Waals surface area contributed by atoms with Gasteiger partial charge in [0.15, 0.2) is 0 Å². The lowest BCUT2D eigenvalue weighted by atomic mass is 9.28. The molecule has 0 N–H and O–H groups in total. The molecule has 17 rings (SSSR count). The molecule has 0 unspecified atom stereocenters. The van der Waals surface area contributed by atoms with Crippen molar-refractivity contribution in [3.63, 3.8) is 0 Å². The Morgan fingerprint density at radius 2 is 0.551 bits per heavy atom. The molecule has 0 amide bonds. The third kappa shape index (κ3) is 10.1. The van der Waals surface area contributed by atoms with Crippen LogP contribution in [-0.2, 0) is 73.9 Å². The number of hydrogen-bond acceptors (Lipinski definition) is 11. The molecule has 0 saturated carbocycles. The van der Waals surface area contributed by atoms with Gasteiger partial charge in [0, 0.05) is 5.41 Å². The molecule has 442 valence electrons. The number of para-hydroxylation sites is 2. The van der Waals surface area contributed by atoms with E-state index in [-0.39, 0.29) is 34.8 Å². The molecule has 89 heavy (non-hydrogen) atoms. The SMILES string of the molecule is CC1(C)c2ccccc2S(=O)(=O)c2ccccc21.O=S(=O)(c1ccccc1)c1ccccc1.O=S1(=O)c2ccccc2Oc2ccccc21.O=S1(=O)c2ccccc2S(=O)(=O)c2ccccc21.c1cc2c3c(c1)Cc1cccc4c1B3c1c(cccc1C4)C2. The van der Waals surface area contributed by atoms with Crippen molar-refractivity contribution < 1.29 is 46.8 Å². The highest BCUT2D eigenvalue weighted by Gasteiger charge is 2.43. The van der Waals surface area contributed by atoms with Crippen molar-refractivity contribution in [1.29, 1.82) is 0 Å². The Bertz CT molecular complexity index is 4800. The number of rotatable bonds is 2. The number of fused-ring (bicyclic) bond motifs is 6. The zero-order chi connectivity index (χ0) is 62.1. The standard InChI is InChI=1S/C21H15B.C15H14O2S.C12H8O4S2.C12H8O3S.C12H10O2S/c1-4-13-10-15-6-2-8-17-12-18-9-3-7-16-11-14(5-1)19(13)22(20(15)17)21(16)18;1-15(2)11-7-3-5-9-13(11)18(16,17)14-10-6-4-8-12(14)15;13-17(14)9-5-1-2-6-10(9)18(15,16)12-8-4-3-7-11(12)17;13-16(14)11-7-3-1-5-9(11)15-10-6-2-4-8-12(10)16;13-15(14,11-7-3-1-4-8-11)12-9-5-2-6-10-12/h1-9H,10-12H2;3-10H,1-2H3;1-8H;1-8H;1-10H. The van der Waals surface area contributed by atoms with Gasteiger partial charge in [-0.1, -0.05) is 206 Å². The maximum atomic E-state index is 12.6. The highest BCUT2D eigenvalue weighted by Crippen LogP contribution is 2.46. The average molecular weight is 1270 g/mol. The van der Waals surface area contributed by atoms with Crippen molar-refractivity contribution in [1.82, 2.24) is 0 Å². The first-order chi connectivity index (χ1) is 42.7. The van der Waals surface area contributed by atoms with Gasteiger partial charge >= 0.3 is 0 Å². The van der Waals surface area contributed by atoms with Crippen molar-refractivity contribution in [3.8, 4) is 11.5 Å². The van der Waals surface area contributed by atoms with Gasteiger partial charge in [0.25, 0.3) is 0 Å². The molecule has 0 radical (unpaired) electrons. The summed E-state index contributed by atoms with van der Waals surface area (Å²) in [5, 5.41) is 0. The molecule has 0 aromatic heterocycles. The quantitative estimate of drug-likeness (QED) is 0.150.